The largest absolute Gasteiger partial charge is 0.373 e. The standard InChI is InChI=1S/C21H23NO3/c22-17-20(18-11-6-3-7-12-18)15-5-1-2-10-16-24-25-21(23)19-13-8-4-9-14-19/h3-4,6-9,11-14,20H,1-2,5,10,15-16H2. The highest BCUT2D eigenvalue weighted by molar-refractivity contribution is 5.88. The maximum Gasteiger partial charge on any atom is 0.373 e. The zero-order valence-corrected chi connectivity index (χ0v) is 14.3. The first-order valence-electron chi connectivity index (χ1n) is 8.64. The Morgan fingerprint density at radius 3 is 2.24 bits per heavy atom. The topological polar surface area (TPSA) is 59.3 Å². The van der Waals surface area contributed by atoms with Crippen molar-refractivity contribution in [3.05, 3.63) is 71.8 Å². The number of benzene rings is 2. The molecule has 0 aromatic heterocycles. The molecule has 0 bridgehead atoms. The molecule has 130 valence electrons. The van der Waals surface area contributed by atoms with Crippen molar-refractivity contribution in [2.75, 3.05) is 6.61 Å². The van der Waals surface area contributed by atoms with Gasteiger partial charge in [0, 0.05) is 0 Å². The highest BCUT2D eigenvalue weighted by Crippen LogP contribution is 2.21. The minimum atomic E-state index is -0.472. The first-order valence-corrected chi connectivity index (χ1v) is 8.64. The van der Waals surface area contributed by atoms with E-state index in [1.165, 1.54) is 0 Å². The van der Waals surface area contributed by atoms with E-state index < -0.39 is 5.97 Å². The smallest absolute Gasteiger partial charge is 0.293 e. The molecule has 25 heavy (non-hydrogen) atoms. The molecule has 1 atom stereocenters. The van der Waals surface area contributed by atoms with Crippen LogP contribution in [0.15, 0.2) is 60.7 Å². The van der Waals surface area contributed by atoms with E-state index in [2.05, 4.69) is 6.07 Å². The predicted molar refractivity (Wildman–Crippen MR) is 95.7 cm³/mol. The van der Waals surface area contributed by atoms with Gasteiger partial charge in [0.2, 0.25) is 0 Å². The first-order chi connectivity index (χ1) is 12.3. The van der Waals surface area contributed by atoms with E-state index in [0.717, 1.165) is 37.7 Å². The van der Waals surface area contributed by atoms with Gasteiger partial charge in [0.05, 0.1) is 24.2 Å². The lowest BCUT2D eigenvalue weighted by molar-refractivity contribution is -0.241. The lowest BCUT2D eigenvalue weighted by atomic mass is 9.94. The van der Waals surface area contributed by atoms with Crippen LogP contribution >= 0.6 is 0 Å². The van der Waals surface area contributed by atoms with Crippen LogP contribution in [0.5, 0.6) is 0 Å². The summed E-state index contributed by atoms with van der Waals surface area (Å²) >= 11 is 0. The van der Waals surface area contributed by atoms with E-state index in [4.69, 9.17) is 9.78 Å². The molecule has 1 unspecified atom stereocenters. The Morgan fingerprint density at radius 2 is 1.56 bits per heavy atom. The fourth-order valence-corrected chi connectivity index (χ4v) is 2.57. The van der Waals surface area contributed by atoms with Crippen LogP contribution in [0.2, 0.25) is 0 Å². The van der Waals surface area contributed by atoms with Crippen LogP contribution in [0.25, 0.3) is 0 Å². The van der Waals surface area contributed by atoms with E-state index in [9.17, 15) is 10.1 Å². The maximum atomic E-state index is 11.6. The third-order valence-electron chi connectivity index (χ3n) is 3.97. The number of unbranched alkanes of at least 4 members (excludes halogenated alkanes) is 3. The second-order valence-corrected chi connectivity index (χ2v) is 5.85. The van der Waals surface area contributed by atoms with Gasteiger partial charge in [0.1, 0.15) is 0 Å². The fourth-order valence-electron chi connectivity index (χ4n) is 2.57. The van der Waals surface area contributed by atoms with Gasteiger partial charge in [0.15, 0.2) is 0 Å². The van der Waals surface area contributed by atoms with Gasteiger partial charge in [-0.15, -0.1) is 0 Å². The summed E-state index contributed by atoms with van der Waals surface area (Å²) in [5, 5.41) is 9.28. The molecule has 0 aliphatic carbocycles. The quantitative estimate of drug-likeness (QED) is 0.346. The first kappa shape index (κ1) is 18.7. The second kappa shape index (κ2) is 11.0. The van der Waals surface area contributed by atoms with Crippen molar-refractivity contribution >= 4 is 5.97 Å². The lowest BCUT2D eigenvalue weighted by Gasteiger charge is -2.09. The van der Waals surface area contributed by atoms with Crippen LogP contribution in [-0.4, -0.2) is 12.6 Å². The summed E-state index contributed by atoms with van der Waals surface area (Å²) in [6.07, 6.45) is 4.70. The molecule has 0 fully saturated rings. The molecule has 0 amide bonds. The Balaban J connectivity index is 1.52. The van der Waals surface area contributed by atoms with E-state index in [1.807, 2.05) is 36.4 Å². The number of hydrogen-bond donors (Lipinski definition) is 0. The predicted octanol–water partition coefficient (Wildman–Crippen LogP) is 5.03. The Hall–Kier alpha value is -2.64. The average Bonchev–Trinajstić information content (AvgIpc) is 2.68. The van der Waals surface area contributed by atoms with Crippen molar-refractivity contribution in [1.82, 2.24) is 0 Å². The summed E-state index contributed by atoms with van der Waals surface area (Å²) in [4.78, 5) is 21.4. The zero-order valence-electron chi connectivity index (χ0n) is 14.3. The summed E-state index contributed by atoms with van der Waals surface area (Å²) < 4.78 is 0. The molecule has 0 aliphatic rings. The SMILES string of the molecule is N#CC(CCCCCCOOC(=O)c1ccccc1)c1ccccc1. The van der Waals surface area contributed by atoms with Crippen LogP contribution in [0.3, 0.4) is 0 Å². The van der Waals surface area contributed by atoms with Gasteiger partial charge in [-0.05, 0) is 30.5 Å². The van der Waals surface area contributed by atoms with Crippen molar-refractivity contribution in [2.24, 2.45) is 0 Å². The van der Waals surface area contributed by atoms with Crippen LogP contribution in [0.4, 0.5) is 0 Å². The molecule has 0 heterocycles. The molecule has 0 aliphatic heterocycles. The number of rotatable bonds is 10. The maximum absolute atomic E-state index is 11.6. The minimum absolute atomic E-state index is 0.0377. The summed E-state index contributed by atoms with van der Waals surface area (Å²) in [6.45, 7) is 0.388. The van der Waals surface area contributed by atoms with E-state index in [-0.39, 0.29) is 5.92 Å². The Bertz CT molecular complexity index is 665. The Morgan fingerprint density at radius 1 is 0.920 bits per heavy atom. The third kappa shape index (κ3) is 6.78. The van der Waals surface area contributed by atoms with Crippen LogP contribution in [-0.2, 0) is 9.78 Å². The van der Waals surface area contributed by atoms with Crippen LogP contribution in [0, 0.1) is 11.3 Å². The fraction of sp³-hybridized carbons (Fsp3) is 0.333. The molecular formula is C21H23NO3. The van der Waals surface area contributed by atoms with Crippen molar-refractivity contribution in [2.45, 2.75) is 38.0 Å². The number of nitriles is 1. The Labute approximate surface area is 148 Å². The Kier molecular flexibility index (Phi) is 8.23. The molecule has 0 N–H and O–H groups in total. The van der Waals surface area contributed by atoms with Crippen LogP contribution < -0.4 is 0 Å². The summed E-state index contributed by atoms with van der Waals surface area (Å²) in [7, 11) is 0. The molecule has 2 aromatic carbocycles. The number of nitrogens with zero attached hydrogens (tertiary/aromatic N) is 1. The average molecular weight is 337 g/mol. The molecule has 0 saturated heterocycles. The van der Waals surface area contributed by atoms with Gasteiger partial charge in [-0.3, -0.25) is 4.89 Å². The minimum Gasteiger partial charge on any atom is -0.293 e. The third-order valence-corrected chi connectivity index (χ3v) is 3.97. The van der Waals surface area contributed by atoms with Crippen molar-refractivity contribution in [1.29, 1.82) is 5.26 Å². The highest BCUT2D eigenvalue weighted by Gasteiger charge is 2.09. The zero-order chi connectivity index (χ0) is 17.7. The van der Waals surface area contributed by atoms with E-state index >= 15 is 0 Å². The number of carbonyl (C=O) groups excluding carboxylic acids is 1. The lowest BCUT2D eigenvalue weighted by Crippen LogP contribution is -2.06. The summed E-state index contributed by atoms with van der Waals surface area (Å²) in [5.41, 5.74) is 1.56. The van der Waals surface area contributed by atoms with Gasteiger partial charge in [0.25, 0.3) is 0 Å². The van der Waals surface area contributed by atoms with Gasteiger partial charge in [-0.25, -0.2) is 4.79 Å². The van der Waals surface area contributed by atoms with Gasteiger partial charge < -0.3 is 0 Å². The summed E-state index contributed by atoms with van der Waals surface area (Å²) in [6, 6.07) is 21.0. The molecule has 2 rings (SSSR count). The molecule has 0 radical (unpaired) electrons. The molecule has 2 aromatic rings. The van der Waals surface area contributed by atoms with Gasteiger partial charge in [-0.1, -0.05) is 67.8 Å². The van der Waals surface area contributed by atoms with Gasteiger partial charge in [-0.2, -0.15) is 10.1 Å². The van der Waals surface area contributed by atoms with Gasteiger partial charge >= 0.3 is 5.97 Å². The van der Waals surface area contributed by atoms with E-state index in [0.29, 0.717) is 12.2 Å². The molecule has 0 saturated carbocycles. The molecular weight excluding hydrogens is 314 g/mol. The van der Waals surface area contributed by atoms with E-state index in [1.54, 1.807) is 24.3 Å². The number of carbonyl (C=O) groups is 1. The monoisotopic (exact) mass is 337 g/mol. The normalized spacial score (nSPS) is 11.5. The molecule has 0 spiro atoms. The highest BCUT2D eigenvalue weighted by atomic mass is 17.2. The van der Waals surface area contributed by atoms with Crippen molar-refractivity contribution in [3.8, 4) is 6.07 Å². The second-order valence-electron chi connectivity index (χ2n) is 5.85. The molecule has 4 heteroatoms. The number of hydrogen-bond acceptors (Lipinski definition) is 4. The van der Waals surface area contributed by atoms with Crippen LogP contribution in [0.1, 0.15) is 53.9 Å². The van der Waals surface area contributed by atoms with Crippen molar-refractivity contribution < 1.29 is 14.6 Å². The molecule has 4 nitrogen and oxygen atoms in total. The van der Waals surface area contributed by atoms with Crippen molar-refractivity contribution in [3.63, 3.8) is 0 Å². The summed E-state index contributed by atoms with van der Waals surface area (Å²) in [5.74, 6) is -0.510.